The molecule has 0 amide bonds. The van der Waals surface area contributed by atoms with Crippen molar-refractivity contribution in [2.75, 3.05) is 13.7 Å². The summed E-state index contributed by atoms with van der Waals surface area (Å²) in [7, 11) is 1.64. The van der Waals surface area contributed by atoms with Crippen LogP contribution < -0.4 is 10.1 Å². The number of nitrogens with one attached hydrogen (secondary N) is 1. The molecule has 1 aliphatic carbocycles. The molecule has 0 fully saturated rings. The highest BCUT2D eigenvalue weighted by Gasteiger charge is 2.05. The maximum absolute atomic E-state index is 9.73. The summed E-state index contributed by atoms with van der Waals surface area (Å²) in [5.74, 6) is 1.10. The Kier molecular flexibility index (Phi) is 4.65. The Morgan fingerprint density at radius 3 is 3.00 bits per heavy atom. The number of aromatic hydroxyl groups is 1. The number of phenols is 1. The van der Waals surface area contributed by atoms with Crippen LogP contribution >= 0.6 is 0 Å². The van der Waals surface area contributed by atoms with Gasteiger partial charge in [0.15, 0.2) is 0 Å². The second-order valence-corrected chi connectivity index (χ2v) is 4.68. The lowest BCUT2D eigenvalue weighted by Crippen LogP contribution is -2.15. The summed E-state index contributed by atoms with van der Waals surface area (Å²) in [6.45, 7) is 1.64. The zero-order chi connectivity index (χ0) is 12.8. The van der Waals surface area contributed by atoms with E-state index in [2.05, 4.69) is 11.4 Å². The molecule has 0 saturated heterocycles. The summed E-state index contributed by atoms with van der Waals surface area (Å²) in [6.07, 6.45) is 7.28. The molecule has 18 heavy (non-hydrogen) atoms. The minimum absolute atomic E-state index is 0.323. The fourth-order valence-corrected chi connectivity index (χ4v) is 2.27. The molecule has 0 heterocycles. The second-order valence-electron chi connectivity index (χ2n) is 4.68. The van der Waals surface area contributed by atoms with E-state index >= 15 is 0 Å². The van der Waals surface area contributed by atoms with Gasteiger partial charge in [0.25, 0.3) is 0 Å². The second kappa shape index (κ2) is 6.45. The van der Waals surface area contributed by atoms with E-state index in [1.165, 1.54) is 19.3 Å². The quantitative estimate of drug-likeness (QED) is 0.600. The minimum atomic E-state index is 0.323. The molecule has 0 atom stereocenters. The largest absolute Gasteiger partial charge is 0.508 e. The third-order valence-corrected chi connectivity index (χ3v) is 3.36. The first kappa shape index (κ1) is 13.0. The van der Waals surface area contributed by atoms with Crippen molar-refractivity contribution < 1.29 is 9.84 Å². The smallest absolute Gasteiger partial charge is 0.120 e. The van der Waals surface area contributed by atoms with Gasteiger partial charge < -0.3 is 15.2 Å². The van der Waals surface area contributed by atoms with Crippen molar-refractivity contribution in [2.45, 2.75) is 32.2 Å². The summed E-state index contributed by atoms with van der Waals surface area (Å²) in [4.78, 5) is 0. The monoisotopic (exact) mass is 247 g/mol. The van der Waals surface area contributed by atoms with Gasteiger partial charge in [0.2, 0.25) is 0 Å². The van der Waals surface area contributed by atoms with Crippen LogP contribution in [0.3, 0.4) is 0 Å². The lowest BCUT2D eigenvalue weighted by atomic mass is 10.1. The van der Waals surface area contributed by atoms with Crippen molar-refractivity contribution in [2.24, 2.45) is 0 Å². The van der Waals surface area contributed by atoms with Gasteiger partial charge in [-0.3, -0.25) is 0 Å². The van der Waals surface area contributed by atoms with E-state index in [-0.39, 0.29) is 0 Å². The maximum Gasteiger partial charge on any atom is 0.120 e. The third kappa shape index (κ3) is 3.50. The van der Waals surface area contributed by atoms with Crippen molar-refractivity contribution in [1.82, 2.24) is 5.32 Å². The summed E-state index contributed by atoms with van der Waals surface area (Å²) < 4.78 is 5.15. The number of hydrogen-bond donors (Lipinski definition) is 2. The lowest BCUT2D eigenvalue weighted by molar-refractivity contribution is 0.410. The van der Waals surface area contributed by atoms with Gasteiger partial charge in [-0.15, -0.1) is 0 Å². The number of rotatable bonds is 6. The van der Waals surface area contributed by atoms with Crippen LogP contribution in [0.2, 0.25) is 0 Å². The lowest BCUT2D eigenvalue weighted by Gasteiger charge is -2.09. The number of methoxy groups -OCH3 is 1. The highest BCUT2D eigenvalue weighted by atomic mass is 16.5. The molecule has 1 aliphatic rings. The van der Waals surface area contributed by atoms with Crippen molar-refractivity contribution in [1.29, 1.82) is 0 Å². The first-order valence-electron chi connectivity index (χ1n) is 6.54. The molecule has 0 bridgehead atoms. The highest BCUT2D eigenvalue weighted by molar-refractivity contribution is 5.39. The zero-order valence-corrected chi connectivity index (χ0v) is 10.9. The molecule has 0 aromatic heterocycles. The molecular weight excluding hydrogens is 226 g/mol. The van der Waals surface area contributed by atoms with Gasteiger partial charge in [0.1, 0.15) is 11.5 Å². The van der Waals surface area contributed by atoms with Gasteiger partial charge in [-0.25, -0.2) is 0 Å². The number of phenolic OH excluding ortho intramolecular Hbond substituents is 1. The van der Waals surface area contributed by atoms with Crippen molar-refractivity contribution >= 4 is 0 Å². The van der Waals surface area contributed by atoms with Crippen LogP contribution in [0.25, 0.3) is 0 Å². The molecule has 0 radical (unpaired) electrons. The van der Waals surface area contributed by atoms with Gasteiger partial charge >= 0.3 is 0 Å². The molecule has 0 unspecified atom stereocenters. The Balaban J connectivity index is 1.78. The highest BCUT2D eigenvalue weighted by Crippen LogP contribution is 2.23. The Morgan fingerprint density at radius 2 is 2.28 bits per heavy atom. The summed E-state index contributed by atoms with van der Waals surface area (Å²) in [5, 5.41) is 13.1. The van der Waals surface area contributed by atoms with Crippen LogP contribution in [-0.2, 0) is 6.54 Å². The topological polar surface area (TPSA) is 41.5 Å². The molecule has 0 aliphatic heterocycles. The van der Waals surface area contributed by atoms with E-state index in [0.717, 1.165) is 24.3 Å². The van der Waals surface area contributed by atoms with E-state index in [0.29, 0.717) is 12.3 Å². The van der Waals surface area contributed by atoms with Gasteiger partial charge in [-0.2, -0.15) is 0 Å². The first-order valence-corrected chi connectivity index (χ1v) is 6.54. The van der Waals surface area contributed by atoms with E-state index in [4.69, 9.17) is 4.74 Å². The summed E-state index contributed by atoms with van der Waals surface area (Å²) in [5.41, 5.74) is 2.45. The molecular formula is C15H21NO2. The van der Waals surface area contributed by atoms with E-state index in [1.54, 1.807) is 24.8 Å². The average molecular weight is 247 g/mol. The van der Waals surface area contributed by atoms with E-state index in [9.17, 15) is 5.11 Å². The van der Waals surface area contributed by atoms with E-state index < -0.39 is 0 Å². The average Bonchev–Trinajstić information content (AvgIpc) is 2.89. The number of benzene rings is 1. The Hall–Kier alpha value is -1.48. The molecule has 3 heteroatoms. The fourth-order valence-electron chi connectivity index (χ4n) is 2.27. The Labute approximate surface area is 108 Å². The molecule has 1 aromatic carbocycles. The van der Waals surface area contributed by atoms with Gasteiger partial charge in [0.05, 0.1) is 7.11 Å². The Bertz CT molecular complexity index is 427. The van der Waals surface area contributed by atoms with Crippen molar-refractivity contribution in [3.63, 3.8) is 0 Å². The van der Waals surface area contributed by atoms with Gasteiger partial charge in [-0.1, -0.05) is 11.6 Å². The number of allylic oxidation sites excluding steroid dienone is 1. The Morgan fingerprint density at radius 1 is 1.39 bits per heavy atom. The SMILES string of the molecule is COc1ccc(O)c(CNCCC2=CCCC2)c1. The standard InChI is InChI=1S/C15H21NO2/c1-18-14-6-7-15(17)13(10-14)11-16-9-8-12-4-2-3-5-12/h4,6-7,10,16-17H,2-3,5,8-9,11H2,1H3. The van der Waals surface area contributed by atoms with E-state index in [1.807, 2.05) is 6.07 Å². The van der Waals surface area contributed by atoms with Crippen LogP contribution in [0.15, 0.2) is 29.8 Å². The van der Waals surface area contributed by atoms with Gasteiger partial charge in [-0.05, 0) is 50.4 Å². The van der Waals surface area contributed by atoms with Gasteiger partial charge in [0, 0.05) is 12.1 Å². The number of ether oxygens (including phenoxy) is 1. The van der Waals surface area contributed by atoms with Crippen LogP contribution in [0, 0.1) is 0 Å². The third-order valence-electron chi connectivity index (χ3n) is 3.36. The molecule has 98 valence electrons. The van der Waals surface area contributed by atoms with Crippen LogP contribution in [-0.4, -0.2) is 18.8 Å². The van der Waals surface area contributed by atoms with Crippen LogP contribution in [0.1, 0.15) is 31.2 Å². The normalized spacial score (nSPS) is 14.6. The van der Waals surface area contributed by atoms with Crippen LogP contribution in [0.4, 0.5) is 0 Å². The maximum atomic E-state index is 9.73. The predicted molar refractivity (Wildman–Crippen MR) is 72.9 cm³/mol. The molecule has 2 rings (SSSR count). The fraction of sp³-hybridized carbons (Fsp3) is 0.467. The molecule has 0 spiro atoms. The van der Waals surface area contributed by atoms with Crippen molar-refractivity contribution in [3.8, 4) is 11.5 Å². The first-order chi connectivity index (χ1) is 8.79. The molecule has 0 saturated carbocycles. The summed E-state index contributed by atoms with van der Waals surface area (Å²) in [6, 6.07) is 5.31. The molecule has 1 aromatic rings. The zero-order valence-electron chi connectivity index (χ0n) is 10.9. The molecule has 3 nitrogen and oxygen atoms in total. The van der Waals surface area contributed by atoms with Crippen molar-refractivity contribution in [3.05, 3.63) is 35.4 Å². The molecule has 2 N–H and O–H groups in total. The minimum Gasteiger partial charge on any atom is -0.508 e. The number of hydrogen-bond acceptors (Lipinski definition) is 3. The van der Waals surface area contributed by atoms with Crippen LogP contribution in [0.5, 0.6) is 11.5 Å². The summed E-state index contributed by atoms with van der Waals surface area (Å²) >= 11 is 0. The predicted octanol–water partition coefficient (Wildman–Crippen LogP) is 2.99.